The van der Waals surface area contributed by atoms with Crippen molar-refractivity contribution in [3.63, 3.8) is 0 Å². The molecule has 3 rings (SSSR count). The number of amides is 1. The predicted molar refractivity (Wildman–Crippen MR) is 105 cm³/mol. The standard InChI is InChI=1S/C21H27N3O4/c1-15(2)16-6-8-17(9-7-16)27-14-21(25)24-10-4-5-18(13-24)28-20-12-22-11-19(23-20)26-3/h6-9,11-12,15,18H,4-5,10,13-14H2,1-3H3. The Kier molecular flexibility index (Phi) is 6.68. The van der Waals surface area contributed by atoms with Gasteiger partial charge in [-0.25, -0.2) is 0 Å². The van der Waals surface area contributed by atoms with E-state index in [0.29, 0.717) is 36.5 Å². The Hall–Kier alpha value is -2.83. The Bertz CT molecular complexity index is 779. The van der Waals surface area contributed by atoms with Crippen LogP contribution >= 0.6 is 0 Å². The van der Waals surface area contributed by atoms with Gasteiger partial charge in [0.05, 0.1) is 26.0 Å². The third kappa shape index (κ3) is 5.34. The van der Waals surface area contributed by atoms with Gasteiger partial charge in [0.15, 0.2) is 6.61 Å². The highest BCUT2D eigenvalue weighted by Gasteiger charge is 2.25. The number of carbonyl (C=O) groups is 1. The van der Waals surface area contributed by atoms with E-state index in [9.17, 15) is 4.79 Å². The molecule has 7 nitrogen and oxygen atoms in total. The Morgan fingerprint density at radius 1 is 1.21 bits per heavy atom. The molecule has 7 heteroatoms. The van der Waals surface area contributed by atoms with E-state index in [-0.39, 0.29) is 18.6 Å². The minimum absolute atomic E-state index is 0.0205. The van der Waals surface area contributed by atoms with Gasteiger partial charge < -0.3 is 19.1 Å². The summed E-state index contributed by atoms with van der Waals surface area (Å²) in [4.78, 5) is 22.6. The maximum atomic E-state index is 12.5. The number of rotatable bonds is 7. The predicted octanol–water partition coefficient (Wildman–Crippen LogP) is 3.06. The van der Waals surface area contributed by atoms with Crippen molar-refractivity contribution in [3.8, 4) is 17.5 Å². The number of methoxy groups -OCH3 is 1. The summed E-state index contributed by atoms with van der Waals surface area (Å²) in [6.45, 7) is 5.52. The Morgan fingerprint density at radius 3 is 2.68 bits per heavy atom. The van der Waals surface area contributed by atoms with Gasteiger partial charge in [-0.3, -0.25) is 9.78 Å². The lowest BCUT2D eigenvalue weighted by Crippen LogP contribution is -2.46. The van der Waals surface area contributed by atoms with Crippen molar-refractivity contribution >= 4 is 5.91 Å². The molecule has 2 heterocycles. The Morgan fingerprint density at radius 2 is 1.96 bits per heavy atom. The highest BCUT2D eigenvalue weighted by molar-refractivity contribution is 5.77. The first-order valence-electron chi connectivity index (χ1n) is 9.58. The van der Waals surface area contributed by atoms with Crippen LogP contribution in [0.1, 0.15) is 38.2 Å². The van der Waals surface area contributed by atoms with E-state index in [1.807, 2.05) is 24.3 Å². The van der Waals surface area contributed by atoms with Gasteiger partial charge in [-0.1, -0.05) is 26.0 Å². The molecule has 0 aliphatic carbocycles. The number of hydrogen-bond donors (Lipinski definition) is 0. The zero-order chi connectivity index (χ0) is 19.9. The molecule has 28 heavy (non-hydrogen) atoms. The summed E-state index contributed by atoms with van der Waals surface area (Å²) in [6, 6.07) is 7.88. The second kappa shape index (κ2) is 9.39. The zero-order valence-corrected chi connectivity index (χ0v) is 16.6. The van der Waals surface area contributed by atoms with Crippen LogP contribution in [0.3, 0.4) is 0 Å². The number of piperidine rings is 1. The molecule has 1 amide bonds. The zero-order valence-electron chi connectivity index (χ0n) is 16.6. The fourth-order valence-corrected chi connectivity index (χ4v) is 3.10. The monoisotopic (exact) mass is 385 g/mol. The molecule has 1 atom stereocenters. The van der Waals surface area contributed by atoms with Crippen LogP contribution in [0.4, 0.5) is 0 Å². The molecule has 0 radical (unpaired) electrons. The fourth-order valence-electron chi connectivity index (χ4n) is 3.10. The van der Waals surface area contributed by atoms with Crippen LogP contribution < -0.4 is 14.2 Å². The SMILES string of the molecule is COc1cncc(OC2CCCN(C(=O)COc3ccc(C(C)C)cc3)C2)n1. The van der Waals surface area contributed by atoms with Crippen LogP contribution in [-0.2, 0) is 4.79 Å². The molecule has 0 saturated carbocycles. The van der Waals surface area contributed by atoms with Crippen LogP contribution in [0.25, 0.3) is 0 Å². The third-order valence-corrected chi connectivity index (χ3v) is 4.73. The van der Waals surface area contributed by atoms with E-state index >= 15 is 0 Å². The lowest BCUT2D eigenvalue weighted by atomic mass is 10.0. The summed E-state index contributed by atoms with van der Waals surface area (Å²) in [5.41, 5.74) is 1.25. The number of likely N-dealkylation sites (tertiary alicyclic amines) is 1. The van der Waals surface area contributed by atoms with Crippen LogP contribution in [0.15, 0.2) is 36.7 Å². The molecular weight excluding hydrogens is 358 g/mol. The Labute approximate surface area is 165 Å². The number of hydrogen-bond acceptors (Lipinski definition) is 6. The molecular formula is C21H27N3O4. The highest BCUT2D eigenvalue weighted by Crippen LogP contribution is 2.20. The lowest BCUT2D eigenvalue weighted by molar-refractivity contribution is -0.136. The molecule has 1 aliphatic heterocycles. The summed E-state index contributed by atoms with van der Waals surface area (Å²) < 4.78 is 16.6. The summed E-state index contributed by atoms with van der Waals surface area (Å²) >= 11 is 0. The van der Waals surface area contributed by atoms with E-state index in [2.05, 4.69) is 23.8 Å². The molecule has 1 saturated heterocycles. The van der Waals surface area contributed by atoms with E-state index in [0.717, 1.165) is 12.8 Å². The molecule has 1 aliphatic rings. The van der Waals surface area contributed by atoms with Crippen molar-refractivity contribution < 1.29 is 19.0 Å². The average Bonchev–Trinajstić information content (AvgIpc) is 2.72. The Balaban J connectivity index is 1.51. The number of nitrogens with zero attached hydrogens (tertiary/aromatic N) is 3. The number of benzene rings is 1. The van der Waals surface area contributed by atoms with Crippen molar-refractivity contribution in [1.82, 2.24) is 14.9 Å². The molecule has 0 N–H and O–H groups in total. The van der Waals surface area contributed by atoms with Crippen molar-refractivity contribution in [2.75, 3.05) is 26.8 Å². The lowest BCUT2D eigenvalue weighted by Gasteiger charge is -2.32. The number of carbonyl (C=O) groups excluding carboxylic acids is 1. The molecule has 0 bridgehead atoms. The molecule has 150 valence electrons. The van der Waals surface area contributed by atoms with Gasteiger partial charge in [-0.2, -0.15) is 4.98 Å². The van der Waals surface area contributed by atoms with E-state index in [1.54, 1.807) is 11.1 Å². The van der Waals surface area contributed by atoms with Gasteiger partial charge >= 0.3 is 0 Å². The second-order valence-corrected chi connectivity index (χ2v) is 7.13. The summed E-state index contributed by atoms with van der Waals surface area (Å²) in [5, 5.41) is 0. The topological polar surface area (TPSA) is 73.8 Å². The van der Waals surface area contributed by atoms with Crippen molar-refractivity contribution in [3.05, 3.63) is 42.2 Å². The minimum Gasteiger partial charge on any atom is -0.484 e. The quantitative estimate of drug-likeness (QED) is 0.729. The first-order chi connectivity index (χ1) is 13.5. The van der Waals surface area contributed by atoms with E-state index < -0.39 is 0 Å². The third-order valence-electron chi connectivity index (χ3n) is 4.73. The van der Waals surface area contributed by atoms with Crippen LogP contribution in [-0.4, -0.2) is 53.7 Å². The molecule has 1 unspecified atom stereocenters. The first-order valence-corrected chi connectivity index (χ1v) is 9.58. The van der Waals surface area contributed by atoms with Crippen LogP contribution in [0.5, 0.6) is 17.5 Å². The summed E-state index contributed by atoms with van der Waals surface area (Å²) in [5.74, 6) is 1.93. The van der Waals surface area contributed by atoms with Crippen molar-refractivity contribution in [2.45, 2.75) is 38.7 Å². The van der Waals surface area contributed by atoms with Gasteiger partial charge in [0.25, 0.3) is 5.91 Å². The van der Waals surface area contributed by atoms with Gasteiger partial charge in [0.1, 0.15) is 11.9 Å². The largest absolute Gasteiger partial charge is 0.484 e. The number of aromatic nitrogens is 2. The van der Waals surface area contributed by atoms with Crippen molar-refractivity contribution in [1.29, 1.82) is 0 Å². The van der Waals surface area contributed by atoms with E-state index in [4.69, 9.17) is 14.2 Å². The van der Waals surface area contributed by atoms with Gasteiger partial charge in [-0.05, 0) is 36.5 Å². The normalized spacial score (nSPS) is 16.7. The van der Waals surface area contributed by atoms with Crippen molar-refractivity contribution in [2.24, 2.45) is 0 Å². The van der Waals surface area contributed by atoms with Gasteiger partial charge in [-0.15, -0.1) is 0 Å². The summed E-state index contributed by atoms with van der Waals surface area (Å²) in [7, 11) is 1.53. The fraction of sp³-hybridized carbons (Fsp3) is 0.476. The smallest absolute Gasteiger partial charge is 0.260 e. The molecule has 0 spiro atoms. The number of ether oxygens (including phenoxy) is 3. The molecule has 1 aromatic carbocycles. The van der Waals surface area contributed by atoms with Crippen LogP contribution in [0.2, 0.25) is 0 Å². The van der Waals surface area contributed by atoms with Gasteiger partial charge in [0.2, 0.25) is 11.8 Å². The maximum absolute atomic E-state index is 12.5. The first kappa shape index (κ1) is 19.9. The average molecular weight is 385 g/mol. The highest BCUT2D eigenvalue weighted by atomic mass is 16.5. The second-order valence-electron chi connectivity index (χ2n) is 7.13. The van der Waals surface area contributed by atoms with E-state index in [1.165, 1.54) is 18.9 Å². The van der Waals surface area contributed by atoms with Gasteiger partial charge in [0, 0.05) is 6.54 Å². The maximum Gasteiger partial charge on any atom is 0.260 e. The van der Waals surface area contributed by atoms with Crippen LogP contribution in [0, 0.1) is 0 Å². The molecule has 1 fully saturated rings. The molecule has 1 aromatic heterocycles. The minimum atomic E-state index is -0.121. The molecule has 2 aromatic rings. The summed E-state index contributed by atoms with van der Waals surface area (Å²) in [6.07, 6.45) is 4.68.